The van der Waals surface area contributed by atoms with E-state index in [9.17, 15) is 5.11 Å². The fraction of sp³-hybridized carbons (Fsp3) is 0.150. The van der Waals surface area contributed by atoms with E-state index < -0.39 is 0 Å². The summed E-state index contributed by atoms with van der Waals surface area (Å²) < 4.78 is 0.995. The standard InChI is InChI=1S/C20H20N2OS/c1-14(15-7-9-16(10-8-15)22(2)3)5-4-6-20-21-18-12-11-17(23)13-19(18)24-20/h4-13,23H,1-3H3/b6-4+,14-5+. The van der Waals surface area contributed by atoms with Gasteiger partial charge in [-0.25, -0.2) is 4.98 Å². The zero-order chi connectivity index (χ0) is 17.1. The summed E-state index contributed by atoms with van der Waals surface area (Å²) in [5.74, 6) is 0.276. The molecule has 0 atom stereocenters. The van der Waals surface area contributed by atoms with Crippen molar-refractivity contribution in [1.29, 1.82) is 0 Å². The third kappa shape index (κ3) is 3.66. The Balaban J connectivity index is 1.76. The molecule has 1 heterocycles. The Hall–Kier alpha value is -2.59. The Bertz CT molecular complexity index is 905. The first kappa shape index (κ1) is 16.3. The smallest absolute Gasteiger partial charge is 0.117 e. The van der Waals surface area contributed by atoms with Gasteiger partial charge in [0.25, 0.3) is 0 Å². The first-order chi connectivity index (χ1) is 11.5. The van der Waals surface area contributed by atoms with Crippen LogP contribution in [-0.4, -0.2) is 24.2 Å². The molecule has 122 valence electrons. The van der Waals surface area contributed by atoms with Crippen molar-refractivity contribution in [3.8, 4) is 5.75 Å². The van der Waals surface area contributed by atoms with E-state index in [1.807, 2.05) is 32.3 Å². The lowest BCUT2D eigenvalue weighted by molar-refractivity contribution is 0.476. The first-order valence-electron chi connectivity index (χ1n) is 7.75. The van der Waals surface area contributed by atoms with Crippen molar-refractivity contribution >= 4 is 38.9 Å². The second-order valence-corrected chi connectivity index (χ2v) is 6.92. The zero-order valence-corrected chi connectivity index (χ0v) is 14.8. The monoisotopic (exact) mass is 336 g/mol. The summed E-state index contributed by atoms with van der Waals surface area (Å²) in [6.07, 6.45) is 6.11. The predicted molar refractivity (Wildman–Crippen MR) is 105 cm³/mol. The van der Waals surface area contributed by atoms with E-state index in [-0.39, 0.29) is 5.75 Å². The molecule has 0 unspecified atom stereocenters. The zero-order valence-electron chi connectivity index (χ0n) is 14.0. The summed E-state index contributed by atoms with van der Waals surface area (Å²) >= 11 is 1.57. The first-order valence-corrected chi connectivity index (χ1v) is 8.57. The van der Waals surface area contributed by atoms with Gasteiger partial charge in [0, 0.05) is 19.8 Å². The van der Waals surface area contributed by atoms with Gasteiger partial charge in [-0.1, -0.05) is 24.3 Å². The number of thiazole rings is 1. The molecule has 1 aromatic heterocycles. The predicted octanol–water partition coefficient (Wildman–Crippen LogP) is 5.18. The number of phenols is 1. The minimum Gasteiger partial charge on any atom is -0.508 e. The Morgan fingerprint density at radius 2 is 1.88 bits per heavy atom. The molecule has 3 nitrogen and oxygen atoms in total. The molecule has 0 radical (unpaired) electrons. The third-order valence-electron chi connectivity index (χ3n) is 3.81. The van der Waals surface area contributed by atoms with Crippen LogP contribution in [0.5, 0.6) is 5.75 Å². The van der Waals surface area contributed by atoms with Gasteiger partial charge in [0.1, 0.15) is 10.8 Å². The van der Waals surface area contributed by atoms with Crippen molar-refractivity contribution in [2.24, 2.45) is 0 Å². The van der Waals surface area contributed by atoms with Crippen molar-refractivity contribution < 1.29 is 5.11 Å². The van der Waals surface area contributed by atoms with Crippen LogP contribution in [0.2, 0.25) is 0 Å². The lowest BCUT2D eigenvalue weighted by atomic mass is 10.1. The molecule has 0 bridgehead atoms. The van der Waals surface area contributed by atoms with Crippen molar-refractivity contribution in [3.63, 3.8) is 0 Å². The summed E-state index contributed by atoms with van der Waals surface area (Å²) in [6.45, 7) is 2.10. The van der Waals surface area contributed by atoms with Crippen LogP contribution in [0, 0.1) is 0 Å². The highest BCUT2D eigenvalue weighted by molar-refractivity contribution is 7.19. The SMILES string of the molecule is C/C(=C\C=C\c1nc2ccc(O)cc2s1)c1ccc(N(C)C)cc1. The summed E-state index contributed by atoms with van der Waals surface area (Å²) in [4.78, 5) is 6.63. The van der Waals surface area contributed by atoms with Crippen molar-refractivity contribution in [3.05, 3.63) is 65.2 Å². The Kier molecular flexibility index (Phi) is 4.67. The van der Waals surface area contributed by atoms with Crippen LogP contribution in [0.25, 0.3) is 21.9 Å². The highest BCUT2D eigenvalue weighted by Crippen LogP contribution is 2.26. The van der Waals surface area contributed by atoms with Crippen LogP contribution in [0.4, 0.5) is 5.69 Å². The van der Waals surface area contributed by atoms with Crippen molar-refractivity contribution in [2.45, 2.75) is 6.92 Å². The van der Waals surface area contributed by atoms with Gasteiger partial charge in [0.15, 0.2) is 0 Å². The average molecular weight is 336 g/mol. The molecule has 0 aliphatic carbocycles. The molecule has 0 aliphatic rings. The number of hydrogen-bond acceptors (Lipinski definition) is 4. The van der Waals surface area contributed by atoms with Crippen LogP contribution in [0.15, 0.2) is 54.6 Å². The molecule has 0 saturated carbocycles. The van der Waals surface area contributed by atoms with Gasteiger partial charge in [0.2, 0.25) is 0 Å². The highest BCUT2D eigenvalue weighted by Gasteiger charge is 2.02. The normalized spacial score (nSPS) is 12.2. The van der Waals surface area contributed by atoms with Gasteiger partial charge >= 0.3 is 0 Å². The van der Waals surface area contributed by atoms with E-state index in [2.05, 4.69) is 47.1 Å². The van der Waals surface area contributed by atoms with Crippen molar-refractivity contribution in [1.82, 2.24) is 4.98 Å². The van der Waals surface area contributed by atoms with Gasteiger partial charge in [-0.2, -0.15) is 0 Å². The molecule has 0 amide bonds. The topological polar surface area (TPSA) is 36.4 Å². The van der Waals surface area contributed by atoms with Crippen LogP contribution < -0.4 is 4.90 Å². The number of allylic oxidation sites excluding steroid dienone is 3. The summed E-state index contributed by atoms with van der Waals surface area (Å²) in [5.41, 5.74) is 4.52. The van der Waals surface area contributed by atoms with Crippen LogP contribution in [-0.2, 0) is 0 Å². The lowest BCUT2D eigenvalue weighted by Crippen LogP contribution is -2.08. The molecule has 3 aromatic rings. The van der Waals surface area contributed by atoms with E-state index in [4.69, 9.17) is 0 Å². The minimum atomic E-state index is 0.276. The number of aromatic nitrogens is 1. The number of rotatable bonds is 4. The third-order valence-corrected chi connectivity index (χ3v) is 4.80. The molecule has 0 spiro atoms. The van der Waals surface area contributed by atoms with Crippen LogP contribution in [0.3, 0.4) is 0 Å². The van der Waals surface area contributed by atoms with Crippen molar-refractivity contribution in [2.75, 3.05) is 19.0 Å². The summed E-state index contributed by atoms with van der Waals surface area (Å²) in [5, 5.41) is 10.4. The molecule has 3 rings (SSSR count). The number of anilines is 1. The number of benzene rings is 2. The number of nitrogens with zero attached hydrogens (tertiary/aromatic N) is 2. The maximum atomic E-state index is 9.52. The summed E-state index contributed by atoms with van der Waals surface area (Å²) in [7, 11) is 4.08. The quantitative estimate of drug-likeness (QED) is 0.667. The largest absolute Gasteiger partial charge is 0.508 e. The van der Waals surface area contributed by atoms with E-state index in [0.717, 1.165) is 15.2 Å². The molecular formula is C20H20N2OS. The molecule has 1 N–H and O–H groups in total. The lowest BCUT2D eigenvalue weighted by Gasteiger charge is -2.12. The summed E-state index contributed by atoms with van der Waals surface area (Å²) in [6, 6.07) is 13.8. The molecule has 4 heteroatoms. The van der Waals surface area contributed by atoms with Gasteiger partial charge in [0.05, 0.1) is 10.2 Å². The van der Waals surface area contributed by atoms with E-state index in [1.165, 1.54) is 16.8 Å². The average Bonchev–Trinajstić information content (AvgIpc) is 2.96. The van der Waals surface area contributed by atoms with Crippen LogP contribution in [0.1, 0.15) is 17.5 Å². The maximum Gasteiger partial charge on any atom is 0.117 e. The molecule has 0 fully saturated rings. The van der Waals surface area contributed by atoms with E-state index in [0.29, 0.717) is 0 Å². The molecule has 0 aliphatic heterocycles. The second kappa shape index (κ2) is 6.89. The van der Waals surface area contributed by atoms with Gasteiger partial charge in [-0.3, -0.25) is 0 Å². The van der Waals surface area contributed by atoms with Gasteiger partial charge in [-0.15, -0.1) is 11.3 Å². The second-order valence-electron chi connectivity index (χ2n) is 5.85. The number of fused-ring (bicyclic) bond motifs is 1. The van der Waals surface area contributed by atoms with Gasteiger partial charge in [-0.05, 0) is 54.5 Å². The Morgan fingerprint density at radius 1 is 1.12 bits per heavy atom. The molecular weight excluding hydrogens is 316 g/mol. The van der Waals surface area contributed by atoms with E-state index >= 15 is 0 Å². The molecule has 2 aromatic carbocycles. The fourth-order valence-corrected chi connectivity index (χ4v) is 3.31. The minimum absolute atomic E-state index is 0.276. The highest BCUT2D eigenvalue weighted by atomic mass is 32.1. The number of hydrogen-bond donors (Lipinski definition) is 1. The maximum absolute atomic E-state index is 9.52. The van der Waals surface area contributed by atoms with Crippen LogP contribution >= 0.6 is 11.3 Å². The molecule has 24 heavy (non-hydrogen) atoms. The van der Waals surface area contributed by atoms with E-state index in [1.54, 1.807) is 23.5 Å². The molecule has 0 saturated heterocycles. The number of phenolic OH excluding ortho intramolecular Hbond substituents is 1. The Labute approximate surface area is 146 Å². The fourth-order valence-electron chi connectivity index (χ4n) is 2.40. The Morgan fingerprint density at radius 3 is 2.58 bits per heavy atom. The van der Waals surface area contributed by atoms with Gasteiger partial charge < -0.3 is 10.0 Å². The number of aromatic hydroxyl groups is 1.